The van der Waals surface area contributed by atoms with Gasteiger partial charge in [-0.25, -0.2) is 13.4 Å². The van der Waals surface area contributed by atoms with Crippen LogP contribution in [0.1, 0.15) is 12.5 Å². The number of alkyl halides is 6. The molecule has 0 aliphatic heterocycles. The van der Waals surface area contributed by atoms with Gasteiger partial charge in [0.1, 0.15) is 16.6 Å². The summed E-state index contributed by atoms with van der Waals surface area (Å²) in [4.78, 5) is 7.66. The summed E-state index contributed by atoms with van der Waals surface area (Å²) in [6, 6.07) is 9.60. The van der Waals surface area contributed by atoms with Crippen LogP contribution in [-0.2, 0) is 16.2 Å². The van der Waals surface area contributed by atoms with Gasteiger partial charge in [0.2, 0.25) is 10.0 Å². The number of nitrogens with one attached hydrogen (secondary N) is 1. The number of nitrogens with zero attached hydrogens (tertiary/aromatic N) is 3. The van der Waals surface area contributed by atoms with E-state index in [0.29, 0.717) is 21.9 Å². The number of halogens is 7. The number of rotatable bonds is 5. The van der Waals surface area contributed by atoms with Crippen molar-refractivity contribution < 1.29 is 34.8 Å². The van der Waals surface area contributed by atoms with Crippen LogP contribution in [-0.4, -0.2) is 35.2 Å². The third kappa shape index (κ3) is 5.06. The van der Waals surface area contributed by atoms with E-state index in [0.717, 1.165) is 24.5 Å². The average molecular weight is 640 g/mol. The summed E-state index contributed by atoms with van der Waals surface area (Å²) in [6.07, 6.45) is -7.79. The van der Waals surface area contributed by atoms with Crippen LogP contribution in [0.4, 0.5) is 26.3 Å². The molecule has 3 heterocycles. The molecular weight excluding hydrogens is 625 g/mol. The summed E-state index contributed by atoms with van der Waals surface area (Å²) in [6.45, 7) is 0.669. The molecule has 1 atom stereocenters. The second kappa shape index (κ2) is 9.30. The van der Waals surface area contributed by atoms with E-state index in [9.17, 15) is 34.8 Å². The zero-order valence-corrected chi connectivity index (χ0v) is 21.0. The first-order valence-corrected chi connectivity index (χ1v) is 12.6. The van der Waals surface area contributed by atoms with Crippen LogP contribution in [0.5, 0.6) is 0 Å². The molecule has 0 aliphatic carbocycles. The van der Waals surface area contributed by atoms with Crippen LogP contribution in [0, 0.1) is 3.57 Å². The number of fused-ring (bicyclic) bond motifs is 1. The van der Waals surface area contributed by atoms with Crippen LogP contribution in [0.15, 0.2) is 65.8 Å². The fraction of sp³-hybridized carbons (Fsp3) is 0.182. The van der Waals surface area contributed by atoms with E-state index in [2.05, 4.69) is 9.97 Å². The van der Waals surface area contributed by atoms with Crippen LogP contribution >= 0.6 is 22.6 Å². The average Bonchev–Trinajstić information content (AvgIpc) is 3.10. The molecule has 4 aromatic rings. The van der Waals surface area contributed by atoms with E-state index < -0.39 is 38.9 Å². The zero-order chi connectivity index (χ0) is 26.5. The third-order valence-electron chi connectivity index (χ3n) is 5.20. The van der Waals surface area contributed by atoms with Crippen LogP contribution in [0.25, 0.3) is 28.1 Å². The summed E-state index contributed by atoms with van der Waals surface area (Å²) in [5.41, 5.74) is 0.352. The normalized spacial score (nSPS) is 13.8. The molecule has 14 heteroatoms. The van der Waals surface area contributed by atoms with Gasteiger partial charge in [0.15, 0.2) is 0 Å². The molecule has 3 aromatic heterocycles. The van der Waals surface area contributed by atoms with Crippen molar-refractivity contribution in [3.8, 4) is 17.1 Å². The molecule has 0 radical (unpaired) electrons. The Kier molecular flexibility index (Phi) is 6.81. The van der Waals surface area contributed by atoms with Gasteiger partial charge in [-0.3, -0.25) is 9.55 Å². The Balaban J connectivity index is 1.86. The monoisotopic (exact) mass is 640 g/mol. The van der Waals surface area contributed by atoms with E-state index in [-0.39, 0.29) is 16.7 Å². The van der Waals surface area contributed by atoms with E-state index in [1.807, 2.05) is 22.6 Å². The molecule has 4 rings (SSSR count). The fourth-order valence-corrected chi connectivity index (χ4v) is 5.47. The van der Waals surface area contributed by atoms with Crippen molar-refractivity contribution in [2.45, 2.75) is 30.2 Å². The molecule has 0 saturated heterocycles. The maximum Gasteiger partial charge on any atom is 0.417 e. The Morgan fingerprint density at radius 2 is 1.64 bits per heavy atom. The maximum absolute atomic E-state index is 13.3. The molecule has 0 spiro atoms. The summed E-state index contributed by atoms with van der Waals surface area (Å²) < 4.78 is 107. The lowest BCUT2D eigenvalue weighted by Gasteiger charge is -2.17. The number of hydrogen-bond acceptors (Lipinski definition) is 4. The summed E-state index contributed by atoms with van der Waals surface area (Å²) >= 11 is 1.86. The van der Waals surface area contributed by atoms with Gasteiger partial charge in [-0.1, -0.05) is 18.2 Å². The molecule has 0 saturated carbocycles. The lowest BCUT2D eigenvalue weighted by atomic mass is 10.2. The van der Waals surface area contributed by atoms with E-state index >= 15 is 0 Å². The van der Waals surface area contributed by atoms with Crippen LogP contribution in [0.3, 0.4) is 0 Å². The fourth-order valence-electron chi connectivity index (χ4n) is 3.39. The number of benzene rings is 1. The minimum absolute atomic E-state index is 0.178. The smallest absolute Gasteiger partial charge is 0.291 e. The number of para-hydroxylation sites is 1. The summed E-state index contributed by atoms with van der Waals surface area (Å²) in [7, 11) is -4.54. The lowest BCUT2D eigenvalue weighted by Crippen LogP contribution is -2.42. The van der Waals surface area contributed by atoms with Crippen molar-refractivity contribution in [3.05, 3.63) is 70.1 Å². The van der Waals surface area contributed by atoms with Crippen molar-refractivity contribution in [1.82, 2.24) is 19.3 Å². The van der Waals surface area contributed by atoms with Crippen molar-refractivity contribution in [2.24, 2.45) is 0 Å². The van der Waals surface area contributed by atoms with Gasteiger partial charge in [0, 0.05) is 23.5 Å². The third-order valence-corrected chi connectivity index (χ3v) is 7.82. The van der Waals surface area contributed by atoms with Crippen LogP contribution < -0.4 is 4.72 Å². The van der Waals surface area contributed by atoms with Gasteiger partial charge in [0.25, 0.3) is 0 Å². The molecule has 6 nitrogen and oxygen atoms in total. The second-order valence-corrected chi connectivity index (χ2v) is 10.5. The van der Waals surface area contributed by atoms with E-state index in [4.69, 9.17) is 0 Å². The highest BCUT2D eigenvalue weighted by Crippen LogP contribution is 2.38. The molecule has 0 amide bonds. The highest BCUT2D eigenvalue weighted by molar-refractivity contribution is 14.1. The topological polar surface area (TPSA) is 76.9 Å². The quantitative estimate of drug-likeness (QED) is 0.217. The van der Waals surface area contributed by atoms with Gasteiger partial charge in [-0.2, -0.15) is 31.1 Å². The van der Waals surface area contributed by atoms with Gasteiger partial charge >= 0.3 is 12.4 Å². The molecule has 0 unspecified atom stereocenters. The molecular formula is C22H15F6IN4O2S. The molecule has 1 aromatic carbocycles. The van der Waals surface area contributed by atoms with Crippen molar-refractivity contribution in [1.29, 1.82) is 0 Å². The highest BCUT2D eigenvalue weighted by Gasteiger charge is 2.39. The van der Waals surface area contributed by atoms with Gasteiger partial charge < -0.3 is 0 Å². The first kappa shape index (κ1) is 26.3. The summed E-state index contributed by atoms with van der Waals surface area (Å²) in [5.74, 6) is 0. The Morgan fingerprint density at radius 1 is 0.972 bits per heavy atom. The van der Waals surface area contributed by atoms with E-state index in [1.165, 1.54) is 6.07 Å². The number of aromatic nitrogens is 3. The minimum atomic E-state index is -4.78. The van der Waals surface area contributed by atoms with Crippen molar-refractivity contribution >= 4 is 43.6 Å². The highest BCUT2D eigenvalue weighted by atomic mass is 127. The predicted octanol–water partition coefficient (Wildman–Crippen LogP) is 5.94. The first-order valence-electron chi connectivity index (χ1n) is 10.1. The maximum atomic E-state index is 13.3. The largest absolute Gasteiger partial charge is 0.417 e. The molecule has 36 heavy (non-hydrogen) atoms. The van der Waals surface area contributed by atoms with Gasteiger partial charge in [-0.15, -0.1) is 0 Å². The van der Waals surface area contributed by atoms with Crippen molar-refractivity contribution in [3.63, 3.8) is 0 Å². The Hall–Kier alpha value is -2.72. The van der Waals surface area contributed by atoms with Crippen molar-refractivity contribution in [2.75, 3.05) is 0 Å². The standard InChI is InChI=1S/C22H15F6IN4O2S/c1-12(21(23,24)25)32-36(34,35)15-7-8-17(30-11-15)19-18(29)16-9-13(22(26,27)28)10-31-20(16)33(19)14-5-3-2-4-6-14/h2-12,32H,1H3/t12-/m0/s1. The molecule has 1 N–H and O–H groups in total. The second-order valence-electron chi connectivity index (χ2n) is 7.69. The minimum Gasteiger partial charge on any atom is -0.291 e. The number of hydrogen-bond donors (Lipinski definition) is 1. The molecule has 190 valence electrons. The molecule has 0 bridgehead atoms. The zero-order valence-electron chi connectivity index (χ0n) is 18.1. The van der Waals surface area contributed by atoms with Crippen LogP contribution in [0.2, 0.25) is 0 Å². The predicted molar refractivity (Wildman–Crippen MR) is 128 cm³/mol. The summed E-state index contributed by atoms with van der Waals surface area (Å²) in [5, 5.41) is 0.198. The molecule has 0 aliphatic rings. The Morgan fingerprint density at radius 3 is 2.19 bits per heavy atom. The van der Waals surface area contributed by atoms with Gasteiger partial charge in [0.05, 0.1) is 20.5 Å². The Labute approximate surface area is 214 Å². The first-order chi connectivity index (χ1) is 16.7. The SMILES string of the molecule is C[C@H](NS(=O)(=O)c1ccc(-c2c(I)c3cc(C(F)(F)F)cnc3n2-c2ccccc2)nc1)C(F)(F)F. The Bertz CT molecular complexity index is 1520. The molecule has 0 fully saturated rings. The number of pyridine rings is 2. The number of sulfonamides is 1. The lowest BCUT2D eigenvalue weighted by molar-refractivity contribution is -0.147. The van der Waals surface area contributed by atoms with E-state index in [1.54, 1.807) is 39.6 Å². The van der Waals surface area contributed by atoms with Gasteiger partial charge in [-0.05, 0) is 59.8 Å².